The van der Waals surface area contributed by atoms with Gasteiger partial charge in [-0.2, -0.15) is 0 Å². The van der Waals surface area contributed by atoms with Gasteiger partial charge in [0, 0.05) is 5.69 Å². The number of aromatic hydroxyl groups is 1. The van der Waals surface area contributed by atoms with Crippen LogP contribution in [0.2, 0.25) is 0 Å². The van der Waals surface area contributed by atoms with Gasteiger partial charge in [-0.15, -0.1) is 11.8 Å². The van der Waals surface area contributed by atoms with E-state index in [1.165, 1.54) is 26.0 Å². The number of aromatic nitrogens is 2. The Morgan fingerprint density at radius 2 is 1.86 bits per heavy atom. The predicted octanol–water partition coefficient (Wildman–Crippen LogP) is 3.37. The van der Waals surface area contributed by atoms with E-state index in [0.29, 0.717) is 17.3 Å². The lowest BCUT2D eigenvalue weighted by Gasteiger charge is -2.20. The number of imidazole rings is 1. The highest BCUT2D eigenvalue weighted by Crippen LogP contribution is 2.46. The molecule has 1 aromatic heterocycles. The van der Waals surface area contributed by atoms with Crippen LogP contribution in [0, 0.1) is 0 Å². The number of hydrogen-bond acceptors (Lipinski definition) is 6. The van der Waals surface area contributed by atoms with E-state index in [1.54, 1.807) is 18.5 Å². The molecule has 3 aromatic rings. The van der Waals surface area contributed by atoms with Gasteiger partial charge in [0.15, 0.2) is 17.3 Å². The summed E-state index contributed by atoms with van der Waals surface area (Å²) in [6.07, 6.45) is 1.70. The zero-order chi connectivity index (χ0) is 19.7. The first-order valence-corrected chi connectivity index (χ1v) is 9.66. The molecule has 1 amide bonds. The van der Waals surface area contributed by atoms with Crippen LogP contribution in [0.5, 0.6) is 17.2 Å². The minimum absolute atomic E-state index is 0.0571. The average Bonchev–Trinajstić information content (AvgIpc) is 3.05. The predicted molar refractivity (Wildman–Crippen MR) is 108 cm³/mol. The smallest absolute Gasteiger partial charge is 0.235 e. The Balaban J connectivity index is 1.90. The molecule has 4 rings (SSSR count). The molecule has 0 radical (unpaired) electrons. The van der Waals surface area contributed by atoms with E-state index in [2.05, 4.69) is 10.3 Å². The number of anilines is 1. The summed E-state index contributed by atoms with van der Waals surface area (Å²) < 4.78 is 12.6. The van der Waals surface area contributed by atoms with Crippen molar-refractivity contribution in [2.45, 2.75) is 5.25 Å². The number of thioether (sulfide) groups is 1. The average molecular weight is 397 g/mol. The third-order valence-corrected chi connectivity index (χ3v) is 5.79. The Kier molecular flexibility index (Phi) is 4.87. The molecule has 0 fully saturated rings. The number of nitrogens with zero attached hydrogens (tertiary/aromatic N) is 2. The Morgan fingerprint density at radius 1 is 1.18 bits per heavy atom. The lowest BCUT2D eigenvalue weighted by Crippen LogP contribution is -2.12. The lowest BCUT2D eigenvalue weighted by molar-refractivity contribution is -0.113. The van der Waals surface area contributed by atoms with E-state index < -0.39 is 0 Å². The van der Waals surface area contributed by atoms with Crippen LogP contribution >= 0.6 is 11.8 Å². The summed E-state index contributed by atoms with van der Waals surface area (Å²) in [5, 5.41) is 12.9. The summed E-state index contributed by atoms with van der Waals surface area (Å²) in [6.45, 7) is 0. The largest absolute Gasteiger partial charge is 0.502 e. The third kappa shape index (κ3) is 3.16. The molecular weight excluding hydrogens is 378 g/mol. The van der Waals surface area contributed by atoms with E-state index in [-0.39, 0.29) is 22.7 Å². The number of rotatable bonds is 4. The summed E-state index contributed by atoms with van der Waals surface area (Å²) in [6, 6.07) is 13.3. The molecule has 0 saturated carbocycles. The van der Waals surface area contributed by atoms with Crippen LogP contribution in [0.1, 0.15) is 16.5 Å². The van der Waals surface area contributed by atoms with Crippen molar-refractivity contribution in [2.75, 3.05) is 25.3 Å². The second-order valence-electron chi connectivity index (χ2n) is 6.20. The molecule has 0 aliphatic carbocycles. The van der Waals surface area contributed by atoms with Crippen molar-refractivity contribution >= 4 is 23.5 Å². The molecule has 2 heterocycles. The van der Waals surface area contributed by atoms with E-state index >= 15 is 0 Å². The summed E-state index contributed by atoms with van der Waals surface area (Å²) in [7, 11) is 2.98. The second-order valence-corrected chi connectivity index (χ2v) is 7.29. The molecule has 1 atom stereocenters. The normalized spacial score (nSPS) is 16.1. The highest BCUT2D eigenvalue weighted by Gasteiger charge is 2.30. The lowest BCUT2D eigenvalue weighted by atomic mass is 10.1. The topological polar surface area (TPSA) is 85.6 Å². The fourth-order valence-corrected chi connectivity index (χ4v) is 4.33. The van der Waals surface area contributed by atoms with Crippen LogP contribution < -0.4 is 14.8 Å². The van der Waals surface area contributed by atoms with Gasteiger partial charge in [0.05, 0.1) is 30.9 Å². The number of amides is 1. The van der Waals surface area contributed by atoms with Crippen LogP contribution in [0.15, 0.2) is 48.8 Å². The van der Waals surface area contributed by atoms with Gasteiger partial charge in [-0.1, -0.05) is 18.2 Å². The molecule has 1 aliphatic heterocycles. The number of para-hydroxylation sites is 1. The van der Waals surface area contributed by atoms with Crippen LogP contribution in [-0.2, 0) is 4.79 Å². The van der Waals surface area contributed by atoms with Gasteiger partial charge in [-0.3, -0.25) is 9.36 Å². The maximum absolute atomic E-state index is 12.2. The van der Waals surface area contributed by atoms with E-state index in [9.17, 15) is 9.90 Å². The fraction of sp³-hybridized carbons (Fsp3) is 0.200. The molecule has 2 aromatic carbocycles. The highest BCUT2D eigenvalue weighted by molar-refractivity contribution is 8.00. The molecule has 144 valence electrons. The minimum atomic E-state index is -0.222. The Hall–Kier alpha value is -3.13. The van der Waals surface area contributed by atoms with Crippen molar-refractivity contribution in [3.8, 4) is 22.9 Å². The van der Waals surface area contributed by atoms with Gasteiger partial charge in [0.2, 0.25) is 11.7 Å². The number of phenols is 1. The molecule has 28 heavy (non-hydrogen) atoms. The van der Waals surface area contributed by atoms with Gasteiger partial charge in [0.1, 0.15) is 6.33 Å². The van der Waals surface area contributed by atoms with Crippen molar-refractivity contribution < 1.29 is 19.4 Å². The molecule has 0 spiro atoms. The van der Waals surface area contributed by atoms with Crippen molar-refractivity contribution in [1.29, 1.82) is 0 Å². The summed E-state index contributed by atoms with van der Waals surface area (Å²) in [4.78, 5) is 16.6. The van der Waals surface area contributed by atoms with E-state index in [1.807, 2.05) is 34.9 Å². The summed E-state index contributed by atoms with van der Waals surface area (Å²) in [5.41, 5.74) is 2.62. The van der Waals surface area contributed by atoms with E-state index in [4.69, 9.17) is 9.47 Å². The van der Waals surface area contributed by atoms with Gasteiger partial charge >= 0.3 is 0 Å². The van der Waals surface area contributed by atoms with Gasteiger partial charge in [-0.25, -0.2) is 4.98 Å². The van der Waals surface area contributed by atoms with Crippen molar-refractivity contribution in [1.82, 2.24) is 9.55 Å². The number of methoxy groups -OCH3 is 2. The second kappa shape index (κ2) is 7.47. The zero-order valence-electron chi connectivity index (χ0n) is 15.4. The van der Waals surface area contributed by atoms with Gasteiger partial charge in [0.25, 0.3) is 0 Å². The van der Waals surface area contributed by atoms with Crippen molar-refractivity contribution in [3.05, 3.63) is 60.0 Å². The minimum Gasteiger partial charge on any atom is -0.502 e. The summed E-state index contributed by atoms with van der Waals surface area (Å²) in [5.74, 6) is 1.26. The number of ether oxygens (including phenoxy) is 2. The van der Waals surface area contributed by atoms with Crippen molar-refractivity contribution in [3.63, 3.8) is 0 Å². The van der Waals surface area contributed by atoms with Crippen LogP contribution in [-0.4, -0.2) is 40.5 Å². The molecule has 8 heteroatoms. The molecule has 0 bridgehead atoms. The zero-order valence-corrected chi connectivity index (χ0v) is 16.2. The number of carbonyl (C=O) groups is 1. The fourth-order valence-electron chi connectivity index (χ4n) is 3.22. The number of phenolic OH excluding ortho intramolecular Hbond substituents is 1. The first kappa shape index (κ1) is 18.2. The molecule has 0 saturated heterocycles. The summed E-state index contributed by atoms with van der Waals surface area (Å²) >= 11 is 1.48. The molecule has 1 aliphatic rings. The number of benzene rings is 2. The number of hydrogen-bond donors (Lipinski definition) is 2. The molecule has 2 N–H and O–H groups in total. The number of nitrogens with one attached hydrogen (secondary N) is 1. The van der Waals surface area contributed by atoms with E-state index in [0.717, 1.165) is 16.9 Å². The standard InChI is InChI=1S/C20H19N3O4S/c1-26-14-8-12(9-15(27-2)18(14)25)19-17-20(22-16(24)10-28-19)21-11-23(17)13-6-4-3-5-7-13/h3-9,11,19,25H,10H2,1-2H3,(H,22,24)/t19-/m1/s1. The highest BCUT2D eigenvalue weighted by atomic mass is 32.2. The Bertz CT molecular complexity index is 995. The molecule has 0 unspecified atom stereocenters. The first-order chi connectivity index (χ1) is 13.6. The van der Waals surface area contributed by atoms with Crippen LogP contribution in [0.4, 0.5) is 5.82 Å². The van der Waals surface area contributed by atoms with Gasteiger partial charge in [-0.05, 0) is 29.8 Å². The monoisotopic (exact) mass is 397 g/mol. The Morgan fingerprint density at radius 3 is 2.50 bits per heavy atom. The first-order valence-electron chi connectivity index (χ1n) is 8.61. The van der Waals surface area contributed by atoms with Crippen LogP contribution in [0.3, 0.4) is 0 Å². The number of carbonyl (C=O) groups excluding carboxylic acids is 1. The van der Waals surface area contributed by atoms with Gasteiger partial charge < -0.3 is 19.9 Å². The maximum atomic E-state index is 12.2. The van der Waals surface area contributed by atoms with Crippen LogP contribution in [0.25, 0.3) is 5.69 Å². The number of fused-ring (bicyclic) bond motifs is 1. The molecular formula is C20H19N3O4S. The Labute approximate surface area is 166 Å². The third-order valence-electron chi connectivity index (χ3n) is 4.53. The maximum Gasteiger partial charge on any atom is 0.235 e. The SMILES string of the molecule is COc1cc([C@H]2SCC(=O)Nc3ncn(-c4ccccc4)c32)cc(OC)c1O. The van der Waals surface area contributed by atoms with Crippen molar-refractivity contribution in [2.24, 2.45) is 0 Å². The molecule has 7 nitrogen and oxygen atoms in total. The quantitative estimate of drug-likeness (QED) is 0.702.